The number of hydrogen-bond acceptors (Lipinski definition) is 8. The molecule has 4 N–H and O–H groups in total. The Morgan fingerprint density at radius 2 is 0.911 bits per heavy atom. The fourth-order valence-electron chi connectivity index (χ4n) is 7.99. The summed E-state index contributed by atoms with van der Waals surface area (Å²) in [5.41, 5.74) is 0. The highest BCUT2D eigenvalue weighted by Gasteiger charge is 2.42. The normalized spacial score (nSPS) is 29.1. The molecule has 0 radical (unpaired) electrons. The van der Waals surface area contributed by atoms with E-state index in [1.807, 2.05) is 69.2 Å². The highest BCUT2D eigenvalue weighted by atomic mass is 16.3. The van der Waals surface area contributed by atoms with Gasteiger partial charge in [0, 0.05) is 27.7 Å². The molecule has 0 aromatic rings. The molecule has 6 amide bonds. The molecule has 2 fully saturated rings. The van der Waals surface area contributed by atoms with Crippen molar-refractivity contribution in [1.29, 1.82) is 0 Å². The van der Waals surface area contributed by atoms with Gasteiger partial charge in [-0.3, -0.25) is 28.8 Å². The molecule has 8 atom stereocenters. The summed E-state index contributed by atoms with van der Waals surface area (Å²) in [4.78, 5) is 90.4. The smallest absolute Gasteiger partial charge is 0.246 e. The van der Waals surface area contributed by atoms with Gasteiger partial charge in [-0.05, 0) is 74.5 Å². The van der Waals surface area contributed by atoms with Crippen LogP contribution in [0.3, 0.4) is 0 Å². The monoisotopic (exact) mass is 793 g/mol. The third-order valence-corrected chi connectivity index (χ3v) is 11.1. The maximum atomic E-state index is 14.4. The van der Waals surface area contributed by atoms with Crippen LogP contribution in [-0.2, 0) is 28.8 Å². The molecule has 2 aliphatic rings. The van der Waals surface area contributed by atoms with Crippen molar-refractivity contribution in [3.8, 4) is 0 Å². The molecule has 2 heterocycles. The van der Waals surface area contributed by atoms with Gasteiger partial charge in [0.15, 0.2) is 0 Å². The first kappa shape index (κ1) is 48.9. The van der Waals surface area contributed by atoms with Gasteiger partial charge in [-0.15, -0.1) is 0 Å². The van der Waals surface area contributed by atoms with Gasteiger partial charge < -0.3 is 40.4 Å². The van der Waals surface area contributed by atoms with Gasteiger partial charge in [0.1, 0.15) is 24.2 Å². The lowest BCUT2D eigenvalue weighted by Gasteiger charge is -2.38. The highest BCUT2D eigenvalue weighted by Crippen LogP contribution is 2.26. The van der Waals surface area contributed by atoms with E-state index in [4.69, 9.17) is 0 Å². The molecule has 56 heavy (non-hydrogen) atoms. The summed E-state index contributed by atoms with van der Waals surface area (Å²) in [5.74, 6) is -2.58. The van der Waals surface area contributed by atoms with E-state index in [2.05, 4.69) is 10.6 Å². The number of rotatable bonds is 10. The minimum Gasteiger partial charge on any atom is -0.390 e. The van der Waals surface area contributed by atoms with Crippen LogP contribution in [0.5, 0.6) is 0 Å². The predicted octanol–water partition coefficient (Wildman–Crippen LogP) is 3.17. The van der Waals surface area contributed by atoms with Crippen LogP contribution in [0.4, 0.5) is 0 Å². The van der Waals surface area contributed by atoms with Crippen molar-refractivity contribution in [3.63, 3.8) is 0 Å². The van der Waals surface area contributed by atoms with Gasteiger partial charge >= 0.3 is 0 Å². The zero-order valence-corrected chi connectivity index (χ0v) is 36.7. The van der Waals surface area contributed by atoms with E-state index in [1.54, 1.807) is 7.05 Å². The van der Waals surface area contributed by atoms with Crippen LogP contribution in [0.25, 0.3) is 0 Å². The maximum Gasteiger partial charge on any atom is 0.246 e. The number of aliphatic hydroxyl groups excluding tert-OH is 2. The van der Waals surface area contributed by atoms with Gasteiger partial charge in [0.25, 0.3) is 0 Å². The zero-order valence-electron chi connectivity index (χ0n) is 36.7. The summed E-state index contributed by atoms with van der Waals surface area (Å²) in [6.07, 6.45) is -0.682. The van der Waals surface area contributed by atoms with Crippen LogP contribution in [-0.4, -0.2) is 141 Å². The second kappa shape index (κ2) is 22.0. The maximum absolute atomic E-state index is 14.4. The summed E-state index contributed by atoms with van der Waals surface area (Å²) in [7, 11) is 4.61. The van der Waals surface area contributed by atoms with Gasteiger partial charge in [-0.25, -0.2) is 0 Å². The van der Waals surface area contributed by atoms with Crippen LogP contribution < -0.4 is 10.6 Å². The molecule has 2 rings (SSSR count). The van der Waals surface area contributed by atoms with Gasteiger partial charge in [0.2, 0.25) is 35.4 Å². The topological polar surface area (TPSA) is 180 Å². The van der Waals surface area contributed by atoms with Crippen LogP contribution in [0, 0.1) is 29.6 Å². The molecule has 0 unspecified atom stereocenters. The predicted molar refractivity (Wildman–Crippen MR) is 217 cm³/mol. The second-order valence-corrected chi connectivity index (χ2v) is 18.6. The molecule has 0 bridgehead atoms. The number of aliphatic hydroxyl groups is 2. The van der Waals surface area contributed by atoms with Gasteiger partial charge in [0.05, 0.1) is 37.1 Å². The minimum absolute atomic E-state index is 0.0000466. The molecule has 14 heteroatoms. The number of fused-ring (bicyclic) bond motifs is 1. The van der Waals surface area contributed by atoms with E-state index in [0.717, 1.165) is 0 Å². The van der Waals surface area contributed by atoms with Crippen LogP contribution in [0.2, 0.25) is 0 Å². The highest BCUT2D eigenvalue weighted by molar-refractivity contribution is 5.94. The van der Waals surface area contributed by atoms with Crippen molar-refractivity contribution < 1.29 is 39.0 Å². The Morgan fingerprint density at radius 3 is 1.32 bits per heavy atom. The number of carbonyl (C=O) groups is 6. The van der Waals surface area contributed by atoms with Crippen molar-refractivity contribution in [3.05, 3.63) is 0 Å². The first-order chi connectivity index (χ1) is 26.0. The average Bonchev–Trinajstić information content (AvgIpc) is 3.59. The van der Waals surface area contributed by atoms with E-state index >= 15 is 0 Å². The van der Waals surface area contributed by atoms with Crippen molar-refractivity contribution in [2.24, 2.45) is 29.6 Å². The number of likely N-dealkylation sites (N-methyl/N-ethyl adjacent to an activating group) is 3. The molecule has 0 aromatic carbocycles. The molecule has 2 saturated heterocycles. The first-order valence-electron chi connectivity index (χ1n) is 21.0. The Balaban J connectivity index is 2.73. The molecule has 322 valence electrons. The second-order valence-electron chi connectivity index (χ2n) is 18.6. The van der Waals surface area contributed by atoms with Crippen molar-refractivity contribution >= 4 is 35.4 Å². The summed E-state index contributed by atoms with van der Waals surface area (Å²) in [5, 5.41) is 29.1. The first-order valence-corrected chi connectivity index (χ1v) is 21.0. The SMILES string of the molecule is CC(C)C[C@@H]1NC(=O)[C@@H](CC(C)C)N(C)C(=O)[C@@H](CC(C)C)N(C)C(=O)C[C@@H](O)[C@@H](CC(C)C)NC(=O)[C@H]2CCCN2C(=O)[C@@H](CC(C)C)N(C)C(=O)C[C@@H]1O. The molecular weight excluding hydrogens is 716 g/mol. The van der Waals surface area contributed by atoms with E-state index in [9.17, 15) is 39.0 Å². The fourth-order valence-corrected chi connectivity index (χ4v) is 7.99. The third-order valence-electron chi connectivity index (χ3n) is 11.1. The van der Waals surface area contributed by atoms with Crippen molar-refractivity contribution in [2.75, 3.05) is 27.7 Å². The lowest BCUT2D eigenvalue weighted by molar-refractivity contribution is -0.150. The van der Waals surface area contributed by atoms with Crippen LogP contribution in [0.15, 0.2) is 0 Å². The molecule has 0 saturated carbocycles. The molecular formula is C42H76N6O8. The third kappa shape index (κ3) is 14.0. The van der Waals surface area contributed by atoms with E-state index in [-0.39, 0.29) is 48.3 Å². The fraction of sp³-hybridized carbons (Fsp3) is 0.857. The van der Waals surface area contributed by atoms with Crippen LogP contribution in [0.1, 0.15) is 127 Å². The molecule has 0 aromatic heterocycles. The van der Waals surface area contributed by atoms with Crippen LogP contribution >= 0.6 is 0 Å². The summed E-state index contributed by atoms with van der Waals surface area (Å²) in [6.45, 7) is 19.8. The van der Waals surface area contributed by atoms with Gasteiger partial charge in [-0.1, -0.05) is 69.2 Å². The Kier molecular flexibility index (Phi) is 19.2. The average molecular weight is 793 g/mol. The van der Waals surface area contributed by atoms with E-state index in [1.165, 1.54) is 33.7 Å². The largest absolute Gasteiger partial charge is 0.390 e. The Hall–Kier alpha value is -3.26. The molecule has 0 spiro atoms. The number of carbonyl (C=O) groups excluding carboxylic acids is 6. The minimum atomic E-state index is -1.29. The Morgan fingerprint density at radius 1 is 0.536 bits per heavy atom. The summed E-state index contributed by atoms with van der Waals surface area (Å²) in [6, 6.07) is -5.28. The molecule has 0 aliphatic carbocycles. The quantitative estimate of drug-likeness (QED) is 0.261. The molecule has 2 aliphatic heterocycles. The Labute approximate surface area is 336 Å². The lowest BCUT2D eigenvalue weighted by Crippen LogP contribution is -2.59. The van der Waals surface area contributed by atoms with E-state index in [0.29, 0.717) is 51.5 Å². The Bertz CT molecular complexity index is 1340. The van der Waals surface area contributed by atoms with E-state index < -0.39 is 78.0 Å². The standard InChI is InChI=1S/C42H76N6O8/c1-24(2)17-29-35(49)22-37(51)45(11)33(20-27(7)8)41(55)47(13)32(19-26(5)6)40(54)44-30(18-25(3)4)36(50)23-38(52)46(12)34(21-28(9)10)42(56)48-16-14-15-31(48)39(53)43-29/h24-36,49-50H,14-23H2,1-13H3,(H,43,53)(H,44,54)/t29-,30+,31-,32-,33-,34-,35-,36+/m1/s1. The zero-order chi connectivity index (χ0) is 42.8. The summed E-state index contributed by atoms with van der Waals surface area (Å²) < 4.78 is 0. The molecule has 14 nitrogen and oxygen atoms in total. The van der Waals surface area contributed by atoms with Gasteiger partial charge in [-0.2, -0.15) is 0 Å². The number of hydrogen-bond donors (Lipinski definition) is 4. The number of nitrogens with zero attached hydrogens (tertiary/aromatic N) is 4. The van der Waals surface area contributed by atoms with Crippen molar-refractivity contribution in [1.82, 2.24) is 30.2 Å². The number of amides is 6. The summed E-state index contributed by atoms with van der Waals surface area (Å²) >= 11 is 0. The number of nitrogens with one attached hydrogen (secondary N) is 2. The lowest BCUT2D eigenvalue weighted by atomic mass is 9.94. The van der Waals surface area contributed by atoms with Crippen molar-refractivity contribution in [2.45, 2.75) is 175 Å².